The van der Waals surface area contributed by atoms with Gasteiger partial charge in [0.05, 0.1) is 0 Å². The highest BCUT2D eigenvalue weighted by Gasteiger charge is 2.24. The Labute approximate surface area is 102 Å². The second-order valence-corrected chi connectivity index (χ2v) is 6.14. The molecule has 2 aromatic heterocycles. The molecule has 0 spiro atoms. The summed E-state index contributed by atoms with van der Waals surface area (Å²) in [4.78, 5) is 4.03. The van der Waals surface area contributed by atoms with E-state index in [1.807, 2.05) is 0 Å². The summed E-state index contributed by atoms with van der Waals surface area (Å²) in [6, 6.07) is 0. The molecule has 7 nitrogen and oxygen atoms in total. The van der Waals surface area contributed by atoms with Crippen LogP contribution >= 0.6 is 11.3 Å². The SMILES string of the molecule is CNc1nn(-c2nccs2)c(N)c1S(C)(=O)=O. The molecule has 92 valence electrons. The molecular formula is C8H11N5O2S2. The number of nitrogen functional groups attached to an aromatic ring is 1. The highest BCUT2D eigenvalue weighted by molar-refractivity contribution is 7.91. The molecule has 17 heavy (non-hydrogen) atoms. The standard InChI is InChI=1S/C8H11N5O2S2/c1-10-7-5(17(2,14)15)6(9)13(12-7)8-11-3-4-16-8/h3-4H,9H2,1-2H3,(H,10,12). The highest BCUT2D eigenvalue weighted by atomic mass is 32.2. The lowest BCUT2D eigenvalue weighted by molar-refractivity contribution is 0.602. The van der Waals surface area contributed by atoms with Crippen LogP contribution < -0.4 is 11.1 Å². The molecule has 0 unspecified atom stereocenters. The van der Waals surface area contributed by atoms with Crippen LogP contribution in [0.25, 0.3) is 5.13 Å². The zero-order chi connectivity index (χ0) is 12.6. The summed E-state index contributed by atoms with van der Waals surface area (Å²) in [5.74, 6) is 0.284. The maximum absolute atomic E-state index is 11.6. The normalized spacial score (nSPS) is 11.6. The van der Waals surface area contributed by atoms with Crippen molar-refractivity contribution in [3.8, 4) is 5.13 Å². The number of aromatic nitrogens is 3. The first-order chi connectivity index (χ1) is 7.95. The average molecular weight is 273 g/mol. The molecular weight excluding hydrogens is 262 g/mol. The Kier molecular flexibility index (Phi) is 2.79. The van der Waals surface area contributed by atoms with Gasteiger partial charge in [0.2, 0.25) is 5.13 Å². The van der Waals surface area contributed by atoms with E-state index in [2.05, 4.69) is 15.4 Å². The lowest BCUT2D eigenvalue weighted by Crippen LogP contribution is -2.05. The van der Waals surface area contributed by atoms with E-state index in [4.69, 9.17) is 5.73 Å². The van der Waals surface area contributed by atoms with Gasteiger partial charge in [-0.15, -0.1) is 16.4 Å². The fourth-order valence-electron chi connectivity index (χ4n) is 1.41. The Morgan fingerprint density at radius 1 is 1.53 bits per heavy atom. The fraction of sp³-hybridized carbons (Fsp3) is 0.250. The third-order valence-corrected chi connectivity index (χ3v) is 3.98. The van der Waals surface area contributed by atoms with Crippen LogP contribution in [-0.4, -0.2) is 36.5 Å². The highest BCUT2D eigenvalue weighted by Crippen LogP contribution is 2.29. The van der Waals surface area contributed by atoms with Crippen LogP contribution in [0.4, 0.5) is 11.6 Å². The van der Waals surface area contributed by atoms with E-state index in [0.717, 1.165) is 6.26 Å². The molecule has 2 aromatic rings. The maximum atomic E-state index is 11.6. The van der Waals surface area contributed by atoms with Crippen molar-refractivity contribution in [2.24, 2.45) is 0 Å². The Morgan fingerprint density at radius 3 is 2.65 bits per heavy atom. The van der Waals surface area contributed by atoms with Gasteiger partial charge in [-0.05, 0) is 0 Å². The minimum Gasteiger partial charge on any atom is -0.382 e. The van der Waals surface area contributed by atoms with Crippen LogP contribution in [0.5, 0.6) is 0 Å². The van der Waals surface area contributed by atoms with Crippen molar-refractivity contribution in [3.05, 3.63) is 11.6 Å². The van der Waals surface area contributed by atoms with Crippen LogP contribution in [0, 0.1) is 0 Å². The van der Waals surface area contributed by atoms with Crippen molar-refractivity contribution in [1.29, 1.82) is 0 Å². The number of thiazole rings is 1. The van der Waals surface area contributed by atoms with Crippen molar-refractivity contribution in [1.82, 2.24) is 14.8 Å². The number of rotatable bonds is 3. The summed E-state index contributed by atoms with van der Waals surface area (Å²) in [7, 11) is -1.85. The molecule has 2 rings (SSSR count). The number of nitrogens with two attached hydrogens (primary N) is 1. The van der Waals surface area contributed by atoms with Crippen LogP contribution in [0.3, 0.4) is 0 Å². The zero-order valence-corrected chi connectivity index (χ0v) is 10.8. The van der Waals surface area contributed by atoms with Gasteiger partial charge in [-0.25, -0.2) is 13.4 Å². The monoisotopic (exact) mass is 273 g/mol. The minimum atomic E-state index is -3.44. The molecule has 0 bridgehead atoms. The molecule has 0 saturated carbocycles. The number of nitrogens with zero attached hydrogens (tertiary/aromatic N) is 3. The van der Waals surface area contributed by atoms with Gasteiger partial charge in [-0.1, -0.05) is 0 Å². The fourth-order valence-corrected chi connectivity index (χ4v) is 2.98. The predicted molar refractivity (Wildman–Crippen MR) is 66.3 cm³/mol. The van der Waals surface area contributed by atoms with E-state index in [1.165, 1.54) is 16.0 Å². The number of hydrogen-bond donors (Lipinski definition) is 2. The summed E-state index contributed by atoms with van der Waals surface area (Å²) in [5, 5.41) is 9.08. The lowest BCUT2D eigenvalue weighted by Gasteiger charge is -1.99. The Hall–Kier alpha value is -1.61. The van der Waals surface area contributed by atoms with Gasteiger partial charge in [-0.3, -0.25) is 0 Å². The molecule has 0 aliphatic rings. The quantitative estimate of drug-likeness (QED) is 0.836. The molecule has 0 radical (unpaired) electrons. The van der Waals surface area contributed by atoms with Crippen LogP contribution in [0.1, 0.15) is 0 Å². The number of hydrogen-bond acceptors (Lipinski definition) is 7. The van der Waals surface area contributed by atoms with Gasteiger partial charge in [0, 0.05) is 24.9 Å². The van der Waals surface area contributed by atoms with Crippen LogP contribution in [-0.2, 0) is 9.84 Å². The van der Waals surface area contributed by atoms with Crippen LogP contribution in [0.15, 0.2) is 16.5 Å². The van der Waals surface area contributed by atoms with Crippen molar-refractivity contribution in [2.75, 3.05) is 24.4 Å². The summed E-state index contributed by atoms with van der Waals surface area (Å²) in [6.07, 6.45) is 2.69. The maximum Gasteiger partial charge on any atom is 0.212 e. The van der Waals surface area contributed by atoms with Gasteiger partial charge < -0.3 is 11.1 Å². The van der Waals surface area contributed by atoms with E-state index in [0.29, 0.717) is 5.13 Å². The van der Waals surface area contributed by atoms with E-state index >= 15 is 0 Å². The minimum absolute atomic E-state index is 0.00444. The molecule has 0 aliphatic carbocycles. The van der Waals surface area contributed by atoms with E-state index < -0.39 is 9.84 Å². The van der Waals surface area contributed by atoms with Gasteiger partial charge in [0.15, 0.2) is 26.4 Å². The van der Waals surface area contributed by atoms with Gasteiger partial charge >= 0.3 is 0 Å². The van der Waals surface area contributed by atoms with E-state index in [1.54, 1.807) is 18.6 Å². The molecule has 3 N–H and O–H groups in total. The lowest BCUT2D eigenvalue weighted by atomic mass is 10.6. The predicted octanol–water partition coefficient (Wildman–Crippen LogP) is 0.356. The number of anilines is 2. The van der Waals surface area contributed by atoms with Crippen molar-refractivity contribution in [3.63, 3.8) is 0 Å². The van der Waals surface area contributed by atoms with Crippen LogP contribution in [0.2, 0.25) is 0 Å². The third kappa shape index (κ3) is 1.98. The second-order valence-electron chi connectivity index (χ2n) is 3.31. The molecule has 0 amide bonds. The first-order valence-electron chi connectivity index (χ1n) is 4.61. The van der Waals surface area contributed by atoms with Crippen molar-refractivity contribution < 1.29 is 8.42 Å². The molecule has 0 saturated heterocycles. The molecule has 0 atom stereocenters. The van der Waals surface area contributed by atoms with Crippen molar-refractivity contribution >= 4 is 32.8 Å². The van der Waals surface area contributed by atoms with E-state index in [-0.39, 0.29) is 16.5 Å². The molecule has 0 aromatic carbocycles. The zero-order valence-electron chi connectivity index (χ0n) is 9.21. The first-order valence-corrected chi connectivity index (χ1v) is 7.38. The number of nitrogens with one attached hydrogen (secondary N) is 1. The summed E-state index contributed by atoms with van der Waals surface area (Å²) >= 11 is 1.32. The Balaban J connectivity index is 2.71. The molecule has 0 aliphatic heterocycles. The molecule has 2 heterocycles. The Bertz CT molecular complexity index is 629. The van der Waals surface area contributed by atoms with Gasteiger partial charge in [0.25, 0.3) is 0 Å². The second kappa shape index (κ2) is 4.00. The summed E-state index contributed by atoms with van der Waals surface area (Å²) in [5.41, 5.74) is 5.81. The molecule has 0 fully saturated rings. The summed E-state index contributed by atoms with van der Waals surface area (Å²) < 4.78 is 24.6. The van der Waals surface area contributed by atoms with Gasteiger partial charge in [-0.2, -0.15) is 4.68 Å². The third-order valence-electron chi connectivity index (χ3n) is 2.08. The van der Waals surface area contributed by atoms with E-state index in [9.17, 15) is 8.42 Å². The average Bonchev–Trinajstić information content (AvgIpc) is 2.82. The first kappa shape index (κ1) is 11.9. The van der Waals surface area contributed by atoms with Crippen molar-refractivity contribution in [2.45, 2.75) is 4.90 Å². The van der Waals surface area contributed by atoms with Gasteiger partial charge in [0.1, 0.15) is 0 Å². The number of sulfone groups is 1. The topological polar surface area (TPSA) is 103 Å². The Morgan fingerprint density at radius 2 is 2.24 bits per heavy atom. The summed E-state index contributed by atoms with van der Waals surface area (Å²) in [6.45, 7) is 0. The smallest absolute Gasteiger partial charge is 0.212 e. The molecule has 9 heteroatoms. The largest absolute Gasteiger partial charge is 0.382 e.